The molecule has 1 aliphatic heterocycles. The van der Waals surface area contributed by atoms with Gasteiger partial charge in [-0.3, -0.25) is 0 Å². The van der Waals surface area contributed by atoms with Gasteiger partial charge in [-0.25, -0.2) is 4.79 Å². The second kappa shape index (κ2) is 8.46. The van der Waals surface area contributed by atoms with Crippen LogP contribution in [0.4, 0.5) is 0 Å². The smallest absolute Gasteiger partial charge is 0.344 e. The molecule has 3 aromatic rings. The molecule has 146 valence electrons. The molecule has 0 saturated carbocycles. The van der Waals surface area contributed by atoms with Crippen LogP contribution in [0.15, 0.2) is 51.7 Å². The lowest BCUT2D eigenvalue weighted by atomic mass is 10.0. The second-order valence-corrected chi connectivity index (χ2v) is 6.57. The van der Waals surface area contributed by atoms with Gasteiger partial charge in [-0.1, -0.05) is 29.8 Å². The zero-order valence-corrected chi connectivity index (χ0v) is 15.7. The molecule has 1 aromatic heterocycles. The molecule has 28 heavy (non-hydrogen) atoms. The highest BCUT2D eigenvalue weighted by Crippen LogP contribution is 2.33. The van der Waals surface area contributed by atoms with Crippen molar-refractivity contribution in [1.29, 1.82) is 0 Å². The zero-order chi connectivity index (χ0) is 19.3. The van der Waals surface area contributed by atoms with E-state index in [-0.39, 0.29) is 5.63 Å². The van der Waals surface area contributed by atoms with Crippen LogP contribution in [-0.2, 0) is 9.47 Å². The SMILES string of the molecule is Cc1ccc(-c2cc3cc4c(cc3oc2=O)OCCOCCOCCO4)cc1. The van der Waals surface area contributed by atoms with Gasteiger partial charge in [0.25, 0.3) is 0 Å². The normalized spacial score (nSPS) is 15.6. The maximum absolute atomic E-state index is 12.5. The zero-order valence-electron chi connectivity index (χ0n) is 15.7. The van der Waals surface area contributed by atoms with Gasteiger partial charge in [0.15, 0.2) is 11.5 Å². The Balaban J connectivity index is 1.73. The lowest BCUT2D eigenvalue weighted by Gasteiger charge is -2.15. The average Bonchev–Trinajstić information content (AvgIpc) is 2.68. The van der Waals surface area contributed by atoms with Crippen molar-refractivity contribution in [3.8, 4) is 22.6 Å². The summed E-state index contributed by atoms with van der Waals surface area (Å²) in [7, 11) is 0. The van der Waals surface area contributed by atoms with Gasteiger partial charge in [-0.2, -0.15) is 0 Å². The number of hydrogen-bond donors (Lipinski definition) is 0. The lowest BCUT2D eigenvalue weighted by Crippen LogP contribution is -2.15. The highest BCUT2D eigenvalue weighted by atomic mass is 16.6. The summed E-state index contributed by atoms with van der Waals surface area (Å²) < 4.78 is 28.1. The van der Waals surface area contributed by atoms with E-state index in [0.29, 0.717) is 62.3 Å². The molecule has 0 unspecified atom stereocenters. The molecule has 4 rings (SSSR count). The van der Waals surface area contributed by atoms with Crippen molar-refractivity contribution in [2.24, 2.45) is 0 Å². The molecule has 0 atom stereocenters. The lowest BCUT2D eigenvalue weighted by molar-refractivity contribution is 0.0224. The maximum Gasteiger partial charge on any atom is 0.344 e. The molecular formula is C22H22O6. The topological polar surface area (TPSA) is 67.1 Å². The Morgan fingerprint density at radius 2 is 1.36 bits per heavy atom. The molecule has 0 amide bonds. The van der Waals surface area contributed by atoms with Gasteiger partial charge < -0.3 is 23.4 Å². The standard InChI is InChI=1S/C22H22O6/c1-15-2-4-16(5-3-15)18-12-17-13-20-21(14-19(17)28-22(18)23)27-11-9-25-7-6-24-8-10-26-20/h2-5,12-14H,6-11H2,1H3. The summed E-state index contributed by atoms with van der Waals surface area (Å²) in [6.45, 7) is 4.71. The van der Waals surface area contributed by atoms with E-state index in [9.17, 15) is 4.79 Å². The maximum atomic E-state index is 12.5. The first-order chi connectivity index (χ1) is 13.7. The van der Waals surface area contributed by atoms with Crippen LogP contribution < -0.4 is 15.1 Å². The van der Waals surface area contributed by atoms with Crippen molar-refractivity contribution in [1.82, 2.24) is 0 Å². The molecule has 2 aromatic carbocycles. The summed E-state index contributed by atoms with van der Waals surface area (Å²) in [5, 5.41) is 0.766. The summed E-state index contributed by atoms with van der Waals surface area (Å²) in [4.78, 5) is 12.5. The number of benzene rings is 2. The highest BCUT2D eigenvalue weighted by Gasteiger charge is 2.14. The predicted octanol–water partition coefficient (Wildman–Crippen LogP) is 3.57. The Hall–Kier alpha value is -2.83. The van der Waals surface area contributed by atoms with Crippen LogP contribution >= 0.6 is 0 Å². The molecule has 0 saturated heterocycles. The molecule has 0 bridgehead atoms. The fourth-order valence-corrected chi connectivity index (χ4v) is 3.03. The van der Waals surface area contributed by atoms with Gasteiger partial charge in [0.1, 0.15) is 18.8 Å². The minimum absolute atomic E-state index is 0.369. The van der Waals surface area contributed by atoms with Crippen molar-refractivity contribution in [3.05, 3.63) is 58.4 Å². The average molecular weight is 382 g/mol. The first-order valence-corrected chi connectivity index (χ1v) is 9.31. The van der Waals surface area contributed by atoms with Crippen LogP contribution in [0.1, 0.15) is 5.56 Å². The summed E-state index contributed by atoms with van der Waals surface area (Å²) in [6, 6.07) is 13.1. The largest absolute Gasteiger partial charge is 0.487 e. The number of ether oxygens (including phenoxy) is 4. The van der Waals surface area contributed by atoms with Gasteiger partial charge in [0, 0.05) is 11.5 Å². The summed E-state index contributed by atoms with van der Waals surface area (Å²) >= 11 is 0. The van der Waals surface area contributed by atoms with E-state index in [1.54, 1.807) is 6.07 Å². The van der Waals surface area contributed by atoms with E-state index in [1.165, 1.54) is 0 Å². The third-order valence-electron chi connectivity index (χ3n) is 4.50. The quantitative estimate of drug-likeness (QED) is 0.600. The van der Waals surface area contributed by atoms with Crippen molar-refractivity contribution in [2.45, 2.75) is 6.92 Å². The molecule has 6 nitrogen and oxygen atoms in total. The third kappa shape index (κ3) is 4.18. The summed E-state index contributed by atoms with van der Waals surface area (Å²) in [6.07, 6.45) is 0. The minimum atomic E-state index is -0.387. The van der Waals surface area contributed by atoms with Crippen molar-refractivity contribution in [2.75, 3.05) is 39.6 Å². The van der Waals surface area contributed by atoms with E-state index >= 15 is 0 Å². The van der Waals surface area contributed by atoms with Gasteiger partial charge >= 0.3 is 5.63 Å². The van der Waals surface area contributed by atoms with Gasteiger partial charge in [0.05, 0.1) is 32.0 Å². The molecule has 1 aliphatic rings. The number of rotatable bonds is 1. The summed E-state index contributed by atoms with van der Waals surface area (Å²) in [5.41, 5.74) is 2.52. The second-order valence-electron chi connectivity index (χ2n) is 6.57. The molecule has 0 N–H and O–H groups in total. The monoisotopic (exact) mass is 382 g/mol. The van der Waals surface area contributed by atoms with Crippen LogP contribution in [0.25, 0.3) is 22.1 Å². The first-order valence-electron chi connectivity index (χ1n) is 9.31. The molecule has 0 aliphatic carbocycles. The number of fused-ring (bicyclic) bond motifs is 2. The Kier molecular flexibility index (Phi) is 5.60. The van der Waals surface area contributed by atoms with Crippen LogP contribution in [-0.4, -0.2) is 39.6 Å². The van der Waals surface area contributed by atoms with E-state index in [2.05, 4.69) is 0 Å². The number of hydrogen-bond acceptors (Lipinski definition) is 6. The van der Waals surface area contributed by atoms with E-state index in [0.717, 1.165) is 16.5 Å². The van der Waals surface area contributed by atoms with Crippen molar-refractivity contribution in [3.63, 3.8) is 0 Å². The fourth-order valence-electron chi connectivity index (χ4n) is 3.03. The molecule has 2 heterocycles. The minimum Gasteiger partial charge on any atom is -0.487 e. The predicted molar refractivity (Wildman–Crippen MR) is 105 cm³/mol. The Morgan fingerprint density at radius 1 is 0.750 bits per heavy atom. The Bertz CT molecular complexity index is 1010. The Labute approximate surface area is 162 Å². The molecule has 6 heteroatoms. The van der Waals surface area contributed by atoms with E-state index in [1.807, 2.05) is 43.3 Å². The van der Waals surface area contributed by atoms with Gasteiger partial charge in [0.2, 0.25) is 0 Å². The van der Waals surface area contributed by atoms with Crippen LogP contribution in [0.2, 0.25) is 0 Å². The van der Waals surface area contributed by atoms with Gasteiger partial charge in [-0.15, -0.1) is 0 Å². The van der Waals surface area contributed by atoms with Crippen LogP contribution in [0, 0.1) is 6.92 Å². The molecule has 0 radical (unpaired) electrons. The summed E-state index contributed by atoms with van der Waals surface area (Å²) in [5.74, 6) is 1.10. The molecule has 0 spiro atoms. The third-order valence-corrected chi connectivity index (χ3v) is 4.50. The van der Waals surface area contributed by atoms with E-state index in [4.69, 9.17) is 23.4 Å². The Morgan fingerprint density at radius 3 is 2.04 bits per heavy atom. The van der Waals surface area contributed by atoms with Crippen LogP contribution in [0.3, 0.4) is 0 Å². The van der Waals surface area contributed by atoms with Crippen LogP contribution in [0.5, 0.6) is 11.5 Å². The molecular weight excluding hydrogens is 360 g/mol. The van der Waals surface area contributed by atoms with Crippen molar-refractivity contribution >= 4 is 11.0 Å². The van der Waals surface area contributed by atoms with Crippen molar-refractivity contribution < 1.29 is 23.4 Å². The van der Waals surface area contributed by atoms with Gasteiger partial charge in [-0.05, 0) is 24.6 Å². The molecule has 0 fully saturated rings. The van der Waals surface area contributed by atoms with E-state index < -0.39 is 0 Å². The first kappa shape index (κ1) is 18.5. The highest BCUT2D eigenvalue weighted by molar-refractivity contribution is 5.84. The fraction of sp³-hybridized carbons (Fsp3) is 0.318. The number of aryl methyl sites for hydroxylation is 1.